The van der Waals surface area contributed by atoms with Crippen LogP contribution in [0.25, 0.3) is 0 Å². The molecule has 0 spiro atoms. The molecular weight excluding hydrogens is 1810 g/mol. The van der Waals surface area contributed by atoms with E-state index < -0.39 is 96.4 Å². The number of hydrogen-bond donors (Lipinski definition) is 7. The van der Waals surface area contributed by atoms with Crippen LogP contribution >= 0.6 is 11.6 Å². The summed E-state index contributed by atoms with van der Waals surface area (Å²) >= 11 is 4.94. The van der Waals surface area contributed by atoms with E-state index in [1.807, 2.05) is 71.5 Å². The van der Waals surface area contributed by atoms with Crippen LogP contribution in [0.1, 0.15) is 155 Å². The number of likely N-dealkylation sites (N-methyl/N-ethyl adjacent to an activating group) is 2. The van der Waals surface area contributed by atoms with Crippen molar-refractivity contribution in [3.63, 3.8) is 0 Å². The van der Waals surface area contributed by atoms with Crippen LogP contribution in [0.15, 0.2) is 12.1 Å². The molecule has 2 saturated heterocycles. The van der Waals surface area contributed by atoms with Crippen molar-refractivity contribution in [1.29, 1.82) is 10.5 Å². The summed E-state index contributed by atoms with van der Waals surface area (Å²) in [6.45, 7) is 16.5. The molecule has 33 heteroatoms. The number of phenols is 3. The first-order valence-electron chi connectivity index (χ1n) is 33.2. The van der Waals surface area contributed by atoms with Crippen molar-refractivity contribution in [3.05, 3.63) is 90.0 Å². The molecule has 24 nitrogen and oxygen atoms in total. The van der Waals surface area contributed by atoms with Crippen molar-refractivity contribution in [1.82, 2.24) is 40.9 Å². The van der Waals surface area contributed by atoms with Crippen molar-refractivity contribution >= 4 is 46.4 Å². The van der Waals surface area contributed by atoms with Crippen LogP contribution in [-0.4, -0.2) is 171 Å². The Labute approximate surface area is 668 Å². The monoisotopic (exact) mass is 1890 g/mol. The maximum absolute atomic E-state index is 13.2. The first-order valence-corrected chi connectivity index (χ1v) is 33.6. The van der Waals surface area contributed by atoms with E-state index in [1.54, 1.807) is 24.5 Å². The van der Waals surface area contributed by atoms with E-state index in [1.165, 1.54) is 0 Å². The minimum absolute atomic E-state index is 0. The number of rotatable bonds is 13. The number of alkyl halides is 6. The van der Waals surface area contributed by atoms with Gasteiger partial charge in [-0.05, 0) is 153 Å². The van der Waals surface area contributed by atoms with Crippen molar-refractivity contribution in [2.75, 3.05) is 40.8 Å². The molecule has 103 heavy (non-hydrogen) atoms. The molecule has 0 aromatic heterocycles. The number of piperazine rings is 2. The predicted molar refractivity (Wildman–Crippen MR) is 350 cm³/mol. The van der Waals surface area contributed by atoms with Crippen LogP contribution in [0.4, 0.5) is 26.3 Å². The van der Waals surface area contributed by atoms with Gasteiger partial charge in [-0.1, -0.05) is 26.0 Å². The van der Waals surface area contributed by atoms with Gasteiger partial charge in [0, 0.05) is 183 Å². The third-order valence-electron chi connectivity index (χ3n) is 20.9. The molecule has 8 aliphatic heterocycles. The number of carbonyl (C=O) groups is 6. The van der Waals surface area contributed by atoms with Gasteiger partial charge < -0.3 is 60.3 Å². The number of nitrogens with zero attached hydrogens (tertiary/aromatic N) is 6. The molecule has 12 atom stereocenters. The van der Waals surface area contributed by atoms with Gasteiger partial charge in [0.15, 0.2) is 23.0 Å². The smallest absolute Gasteiger partial charge is 0.471 e. The molecule has 550 valence electrons. The minimum atomic E-state index is -5.17. The Bertz CT molecular complexity index is 4140. The average Bonchev–Trinajstić information content (AvgIpc) is 1.37. The quantitative estimate of drug-likeness (QED) is 0.0289. The number of nitriles is 2. The Morgan fingerprint density at radius 2 is 0.971 bits per heavy atom. The molecule has 8 heterocycles. The molecule has 2 fully saturated rings. The minimum Gasteiger partial charge on any atom is -0.507 e. The van der Waals surface area contributed by atoms with Crippen LogP contribution in [0.3, 0.4) is 0 Å². The number of nitrogens with one attached hydrogen (secondary N) is 4. The molecule has 4 amide bonds. The van der Waals surface area contributed by atoms with Crippen LogP contribution in [0.2, 0.25) is 0 Å². The predicted octanol–water partition coefficient (Wildman–Crippen LogP) is 7.96. The molecular formula is C70H81Ac2ClF6N10O14. The maximum atomic E-state index is 13.2. The number of carbonyl (C=O) groups excluding carboxylic acids is 6. The Morgan fingerprint density at radius 1 is 0.583 bits per heavy atom. The molecule has 4 aromatic carbocycles. The number of aromatic hydroxyl groups is 3. The largest absolute Gasteiger partial charge is 0.507 e. The van der Waals surface area contributed by atoms with Gasteiger partial charge >= 0.3 is 30.1 Å². The maximum Gasteiger partial charge on any atom is 0.471 e. The number of halogens is 7. The first-order chi connectivity index (χ1) is 47.5. The average molecular weight is 1890 g/mol. The number of esters is 1. The van der Waals surface area contributed by atoms with Gasteiger partial charge in [-0.3, -0.25) is 48.4 Å². The van der Waals surface area contributed by atoms with Crippen molar-refractivity contribution in [3.8, 4) is 58.1 Å². The fourth-order valence-corrected chi connectivity index (χ4v) is 16.1. The molecule has 0 saturated carbocycles. The zero-order chi connectivity index (χ0) is 74.1. The van der Waals surface area contributed by atoms with Gasteiger partial charge in [0.1, 0.15) is 47.2 Å². The van der Waals surface area contributed by atoms with Crippen LogP contribution in [-0.2, 0) is 54.5 Å². The number of amides is 4. The third kappa shape index (κ3) is 15.5. The molecule has 8 aliphatic rings. The summed E-state index contributed by atoms with van der Waals surface area (Å²) in [4.78, 5) is 80.2. The third-order valence-corrected chi connectivity index (χ3v) is 21.1. The van der Waals surface area contributed by atoms with E-state index in [-0.39, 0.29) is 175 Å². The van der Waals surface area contributed by atoms with Gasteiger partial charge in [0.2, 0.25) is 30.6 Å². The van der Waals surface area contributed by atoms with Gasteiger partial charge in [0.05, 0.1) is 36.3 Å². The summed E-state index contributed by atoms with van der Waals surface area (Å²) in [6.07, 6.45) is -6.70. The van der Waals surface area contributed by atoms with Gasteiger partial charge in [0.25, 0.3) is 0 Å². The Balaban J connectivity index is 0.000000238. The second-order valence-electron chi connectivity index (χ2n) is 26.9. The number of phenolic OH excluding ortho intramolecular Hbond substituents is 3. The second-order valence-corrected chi connectivity index (χ2v) is 27.3. The summed E-state index contributed by atoms with van der Waals surface area (Å²) in [6, 6.07) is 0.507. The number of aryl methyl sites for hydroxylation is 2. The normalized spacial score (nSPS) is 23.5. The Hall–Kier alpha value is -5.93. The number of benzene rings is 4. The summed E-state index contributed by atoms with van der Waals surface area (Å²) in [7, 11) is 3.84. The van der Waals surface area contributed by atoms with Crippen LogP contribution < -0.4 is 45.0 Å². The topological polar surface area (TPSA) is 318 Å². The number of fused-ring (bicyclic) bond motifs is 18. The van der Waals surface area contributed by atoms with E-state index in [4.69, 9.17) is 35.3 Å². The summed E-state index contributed by atoms with van der Waals surface area (Å²) in [5.41, 5.74) is 9.89. The van der Waals surface area contributed by atoms with Crippen molar-refractivity contribution in [2.24, 2.45) is 0 Å². The SMILES string of the molecule is CCCC(=O)Cl.CCCC(=O)Oc1c(C)c(C)cc2c1[C@@H]1C3Cc4c(O)c(C)c5c(c4[C@H](CNC(=O)[C@H](C)NC(=O)C(F)(F)F)N3[C@@H](C#N)[C@H](C2)N1C)OCO5.Cc1cc2c(c(O)c1C)[C@@H]1C3Cc4c(O)c(C)c5c(c4[C@H](CNC(=O)[C@H](C)NC(=O)C(F)(F)F)N3[C@@H](C#N)[C@H](C2)N1C)OCO5.[Ac].[Ac]. The summed E-state index contributed by atoms with van der Waals surface area (Å²) in [5.74, 6) is -4.61. The van der Waals surface area contributed by atoms with E-state index in [2.05, 4.69) is 38.6 Å². The number of hydrogen-bond acceptors (Lipinski definition) is 20. The van der Waals surface area contributed by atoms with Gasteiger partial charge in [-0.15, -0.1) is 0 Å². The molecule has 2 unspecified atom stereocenters. The zero-order valence-electron chi connectivity index (χ0n) is 58.9. The van der Waals surface area contributed by atoms with Crippen LogP contribution in [0, 0.1) is 152 Å². The molecule has 0 aliphatic carbocycles. The molecule has 4 bridgehead atoms. The van der Waals surface area contributed by atoms with Gasteiger partial charge in [-0.25, -0.2) is 0 Å². The molecule has 7 N–H and O–H groups in total. The van der Waals surface area contributed by atoms with E-state index in [0.717, 1.165) is 64.8 Å². The zero-order valence-corrected chi connectivity index (χ0v) is 69.1. The molecule has 4 aromatic rings. The Kier molecular flexibility index (Phi) is 26.2. The van der Waals surface area contributed by atoms with Gasteiger partial charge in [-0.2, -0.15) is 36.9 Å². The number of ether oxygens (including phenoxy) is 5. The van der Waals surface area contributed by atoms with E-state index in [9.17, 15) is 81.0 Å². The van der Waals surface area contributed by atoms with E-state index >= 15 is 0 Å². The second kappa shape index (κ2) is 32.7. The fraction of sp³-hybridized carbons (Fsp3) is 0.543. The van der Waals surface area contributed by atoms with E-state index in [0.29, 0.717) is 87.8 Å². The summed E-state index contributed by atoms with van der Waals surface area (Å²) in [5, 5.41) is 64.5. The fourth-order valence-electron chi connectivity index (χ4n) is 15.9. The Morgan fingerprint density at radius 3 is 1.35 bits per heavy atom. The first kappa shape index (κ1) is 82.7. The van der Waals surface area contributed by atoms with Crippen LogP contribution in [0.5, 0.6) is 46.0 Å². The van der Waals surface area contributed by atoms with Crippen molar-refractivity contribution in [2.45, 2.75) is 205 Å². The van der Waals surface area contributed by atoms with Crippen molar-refractivity contribution < 1.29 is 182 Å². The summed E-state index contributed by atoms with van der Waals surface area (Å²) < 4.78 is 107. The molecule has 2 radical (unpaired) electrons. The standard InChI is InChI=1S/C35H40F3N5O7.C31H34F3N5O6.C4H7ClO.2Ac/c1-7-8-25(44)50-30-16(3)15(2)9-19-10-21-23(12-39)43-22(28(26(19)30)42(21)6)11-20-27(32-31(48-14-49-32)17(4)29(20)45)24(43)13-40-33(46)18(5)41-34(47)35(36,37)38;1-12-6-16-7-18-20(9-35)39-19(24(38(18)5)22(16)26(41)13(12)2)8-17-23(28-27(44-11-45-28)14(3)25(17)40)21(39)10-36-29(42)15(4)37-30(43)31(32,33)34;1-2-3-4(5)6;;/h9,18,21-24,28,45H,7-8,10-11,13-14H2,1-6H3,(H,40,46)(H,41,47);6,15,18-21,24,40-41H,7-8,10-11H2,1-5H3,(H,36,42)(H,37,43);2-3H2,1H3;;/t18-,21-,22?,23-,24-,28-;15-,18-,19?,20-,21-,24-;;;/m00.../s1. The molecule has 12 rings (SSSR count).